The van der Waals surface area contributed by atoms with Gasteiger partial charge in [-0.2, -0.15) is 0 Å². The van der Waals surface area contributed by atoms with E-state index in [9.17, 15) is 8.78 Å². The van der Waals surface area contributed by atoms with Crippen molar-refractivity contribution >= 4 is 12.2 Å². The molecule has 1 aromatic heterocycles. The number of aryl methyl sites for hydroxylation is 1. The van der Waals surface area contributed by atoms with Gasteiger partial charge in [-0.05, 0) is 37.3 Å². The van der Waals surface area contributed by atoms with E-state index in [0.717, 1.165) is 11.8 Å². The van der Waals surface area contributed by atoms with Gasteiger partial charge in [-0.25, -0.2) is 13.8 Å². The third-order valence-electron chi connectivity index (χ3n) is 2.04. The smallest absolute Gasteiger partial charge is 0.197 e. The summed E-state index contributed by atoms with van der Waals surface area (Å²) in [5.74, 6) is -1.26. The minimum Gasteiger partial charge on any atom is -0.335 e. The van der Waals surface area contributed by atoms with Crippen LogP contribution in [0.3, 0.4) is 0 Å². The maximum absolute atomic E-state index is 13.0. The Morgan fingerprint density at radius 3 is 2.31 bits per heavy atom. The summed E-state index contributed by atoms with van der Waals surface area (Å²) < 4.78 is 26.3. The second kappa shape index (κ2) is 4.09. The lowest BCUT2D eigenvalue weighted by Gasteiger charge is -2.02. The van der Waals surface area contributed by atoms with E-state index >= 15 is 0 Å². The maximum Gasteiger partial charge on any atom is 0.197 e. The molecule has 0 aliphatic carbocycles. The summed E-state index contributed by atoms with van der Waals surface area (Å²) in [4.78, 5) is 6.84. The summed E-state index contributed by atoms with van der Waals surface area (Å²) in [6.07, 6.45) is 0. The fraction of sp³-hybridized carbons (Fsp3) is 0.0909. The topological polar surface area (TPSA) is 28.7 Å². The molecule has 0 saturated carbocycles. The summed E-state index contributed by atoms with van der Waals surface area (Å²) in [5.41, 5.74) is 1.63. The number of benzene rings is 1. The normalized spacial score (nSPS) is 10.4. The average Bonchev–Trinajstić information content (AvgIpc) is 2.14. The first-order valence-electron chi connectivity index (χ1n) is 4.59. The molecule has 0 amide bonds. The third-order valence-corrected chi connectivity index (χ3v) is 2.23. The van der Waals surface area contributed by atoms with Crippen LogP contribution < -0.4 is 0 Å². The molecule has 5 heteroatoms. The van der Waals surface area contributed by atoms with Crippen molar-refractivity contribution in [1.29, 1.82) is 0 Å². The van der Waals surface area contributed by atoms with Crippen LogP contribution in [0.15, 0.2) is 24.3 Å². The van der Waals surface area contributed by atoms with E-state index in [1.54, 1.807) is 13.0 Å². The number of rotatable bonds is 1. The second-order valence-corrected chi connectivity index (χ2v) is 3.80. The molecule has 82 valence electrons. The molecule has 0 spiro atoms. The van der Waals surface area contributed by atoms with Crippen molar-refractivity contribution in [2.45, 2.75) is 6.92 Å². The van der Waals surface area contributed by atoms with Gasteiger partial charge < -0.3 is 4.98 Å². The van der Waals surface area contributed by atoms with E-state index in [2.05, 4.69) is 9.97 Å². The minimum absolute atomic E-state index is 0.291. The molecule has 0 bridgehead atoms. The van der Waals surface area contributed by atoms with Gasteiger partial charge in [-0.15, -0.1) is 0 Å². The zero-order valence-electron chi connectivity index (χ0n) is 8.42. The van der Waals surface area contributed by atoms with Crippen LogP contribution in [-0.2, 0) is 0 Å². The quantitative estimate of drug-likeness (QED) is 0.771. The van der Waals surface area contributed by atoms with Gasteiger partial charge in [-0.1, -0.05) is 0 Å². The van der Waals surface area contributed by atoms with Gasteiger partial charge in [0.15, 0.2) is 4.77 Å². The first-order chi connectivity index (χ1) is 7.54. The number of hydrogen-bond donors (Lipinski definition) is 1. The predicted molar refractivity (Wildman–Crippen MR) is 59.5 cm³/mol. The monoisotopic (exact) mass is 238 g/mol. The molecule has 0 unspecified atom stereocenters. The first-order valence-corrected chi connectivity index (χ1v) is 5.00. The Hall–Kier alpha value is -1.62. The Morgan fingerprint density at radius 2 is 1.75 bits per heavy atom. The van der Waals surface area contributed by atoms with Gasteiger partial charge >= 0.3 is 0 Å². The summed E-state index contributed by atoms with van der Waals surface area (Å²) in [6, 6.07) is 4.95. The maximum atomic E-state index is 13.0. The standard InChI is InChI=1S/C11H8F2N2S/c1-6-2-10(15-11(16)14-6)7-3-8(12)5-9(13)4-7/h2-5H,1H3,(H,14,15,16). The van der Waals surface area contributed by atoms with Crippen molar-refractivity contribution in [2.75, 3.05) is 0 Å². The number of halogens is 2. The molecule has 1 N–H and O–H groups in total. The summed E-state index contributed by atoms with van der Waals surface area (Å²) >= 11 is 4.90. The highest BCUT2D eigenvalue weighted by Gasteiger charge is 2.05. The van der Waals surface area contributed by atoms with Gasteiger partial charge in [0.1, 0.15) is 11.6 Å². The largest absolute Gasteiger partial charge is 0.335 e. The number of nitrogens with one attached hydrogen (secondary N) is 1. The molecule has 0 fully saturated rings. The van der Waals surface area contributed by atoms with Crippen LogP contribution >= 0.6 is 12.2 Å². The molecular formula is C11H8F2N2S. The zero-order chi connectivity index (χ0) is 11.7. The van der Waals surface area contributed by atoms with Crippen molar-refractivity contribution in [3.63, 3.8) is 0 Å². The number of aromatic amines is 1. The minimum atomic E-state index is -0.631. The molecule has 0 aliphatic rings. The Kier molecular flexibility index (Phi) is 2.78. The van der Waals surface area contributed by atoms with Gasteiger partial charge in [0.25, 0.3) is 0 Å². The Morgan fingerprint density at radius 1 is 1.12 bits per heavy atom. The molecule has 0 saturated heterocycles. The number of hydrogen-bond acceptors (Lipinski definition) is 2. The molecule has 16 heavy (non-hydrogen) atoms. The molecule has 0 atom stereocenters. The van der Waals surface area contributed by atoms with E-state index in [4.69, 9.17) is 12.2 Å². The van der Waals surface area contributed by atoms with Crippen LogP contribution in [0.2, 0.25) is 0 Å². The number of aromatic nitrogens is 2. The van der Waals surface area contributed by atoms with E-state index < -0.39 is 11.6 Å². The molecule has 2 nitrogen and oxygen atoms in total. The first kappa shape index (κ1) is 10.9. The van der Waals surface area contributed by atoms with E-state index in [0.29, 0.717) is 16.0 Å². The number of nitrogens with zero attached hydrogens (tertiary/aromatic N) is 1. The van der Waals surface area contributed by atoms with Crippen molar-refractivity contribution in [3.8, 4) is 11.3 Å². The molecule has 1 heterocycles. The Labute approximate surface area is 96.0 Å². The van der Waals surface area contributed by atoms with Gasteiger partial charge in [0.2, 0.25) is 0 Å². The molecule has 0 radical (unpaired) electrons. The van der Waals surface area contributed by atoms with Crippen molar-refractivity contribution in [3.05, 3.63) is 46.4 Å². The van der Waals surface area contributed by atoms with E-state index in [1.165, 1.54) is 12.1 Å². The molecule has 2 rings (SSSR count). The van der Waals surface area contributed by atoms with Gasteiger partial charge in [0, 0.05) is 17.3 Å². The van der Waals surface area contributed by atoms with Crippen LogP contribution in [0.4, 0.5) is 8.78 Å². The van der Waals surface area contributed by atoms with Crippen LogP contribution in [-0.4, -0.2) is 9.97 Å². The molecule has 2 aromatic rings. The predicted octanol–water partition coefficient (Wildman–Crippen LogP) is 3.39. The fourth-order valence-corrected chi connectivity index (χ4v) is 1.69. The third kappa shape index (κ3) is 2.30. The van der Waals surface area contributed by atoms with Crippen molar-refractivity contribution < 1.29 is 8.78 Å². The lowest BCUT2D eigenvalue weighted by Crippen LogP contribution is -1.92. The fourth-order valence-electron chi connectivity index (χ4n) is 1.43. The summed E-state index contributed by atoms with van der Waals surface area (Å²) in [6.45, 7) is 1.80. The highest BCUT2D eigenvalue weighted by molar-refractivity contribution is 7.71. The van der Waals surface area contributed by atoms with Gasteiger partial charge in [-0.3, -0.25) is 0 Å². The summed E-state index contributed by atoms with van der Waals surface area (Å²) in [7, 11) is 0. The van der Waals surface area contributed by atoms with Crippen LogP contribution in [0.25, 0.3) is 11.3 Å². The Balaban J connectivity index is 2.62. The van der Waals surface area contributed by atoms with Crippen LogP contribution in [0, 0.1) is 23.3 Å². The highest BCUT2D eigenvalue weighted by atomic mass is 32.1. The van der Waals surface area contributed by atoms with Crippen LogP contribution in [0.1, 0.15) is 5.69 Å². The van der Waals surface area contributed by atoms with E-state index in [1.807, 2.05) is 0 Å². The molecule has 1 aromatic carbocycles. The second-order valence-electron chi connectivity index (χ2n) is 3.41. The Bertz CT molecular complexity index is 573. The van der Waals surface area contributed by atoms with Crippen molar-refractivity contribution in [2.24, 2.45) is 0 Å². The van der Waals surface area contributed by atoms with Crippen LogP contribution in [0.5, 0.6) is 0 Å². The lowest BCUT2D eigenvalue weighted by atomic mass is 10.1. The summed E-state index contributed by atoms with van der Waals surface area (Å²) in [5, 5.41) is 0. The average molecular weight is 238 g/mol. The van der Waals surface area contributed by atoms with Crippen molar-refractivity contribution in [1.82, 2.24) is 9.97 Å². The SMILES string of the molecule is Cc1cc(-c2cc(F)cc(F)c2)nc(=S)[nH]1. The highest BCUT2D eigenvalue weighted by Crippen LogP contribution is 2.19. The molecular weight excluding hydrogens is 230 g/mol. The zero-order valence-corrected chi connectivity index (χ0v) is 9.24. The number of H-pyrrole nitrogens is 1. The lowest BCUT2D eigenvalue weighted by molar-refractivity contribution is 0.584. The van der Waals surface area contributed by atoms with Gasteiger partial charge in [0.05, 0.1) is 5.69 Å². The molecule has 0 aliphatic heterocycles. The van der Waals surface area contributed by atoms with E-state index in [-0.39, 0.29) is 0 Å².